The van der Waals surface area contributed by atoms with E-state index in [1.807, 2.05) is 0 Å². The van der Waals surface area contributed by atoms with E-state index in [9.17, 15) is 13.2 Å². The van der Waals surface area contributed by atoms with Gasteiger partial charge in [0.05, 0.1) is 0 Å². The number of halogens is 3. The molecule has 0 N–H and O–H groups in total. The van der Waals surface area contributed by atoms with Crippen molar-refractivity contribution in [3.8, 4) is 5.75 Å². The van der Waals surface area contributed by atoms with E-state index in [1.54, 1.807) is 12.1 Å². The molecule has 1 nitrogen and oxygen atoms in total. The van der Waals surface area contributed by atoms with Gasteiger partial charge in [-0.1, -0.05) is 44.9 Å². The topological polar surface area (TPSA) is 9.23 Å². The van der Waals surface area contributed by atoms with E-state index in [-0.39, 0.29) is 16.6 Å². The van der Waals surface area contributed by atoms with Crippen molar-refractivity contribution < 1.29 is 17.9 Å². The normalized spacial score (nSPS) is 26.9. The average molecular weight is 296 g/mol. The van der Waals surface area contributed by atoms with E-state index in [1.165, 1.54) is 11.6 Å². The third-order valence-electron chi connectivity index (χ3n) is 4.95. The average Bonchev–Trinajstić information content (AvgIpc) is 2.62. The minimum Gasteiger partial charge on any atom is -0.406 e. The van der Waals surface area contributed by atoms with Gasteiger partial charge in [-0.25, -0.2) is 0 Å². The highest BCUT2D eigenvalue weighted by atomic mass is 19.4. The molecule has 1 fully saturated rings. The molecule has 114 valence electrons. The third-order valence-corrected chi connectivity index (χ3v) is 4.95. The number of alkyl halides is 3. The number of fused-ring (bicyclic) bond motifs is 3. The van der Waals surface area contributed by atoms with Crippen molar-refractivity contribution in [2.75, 3.05) is 0 Å². The van der Waals surface area contributed by atoms with Crippen LogP contribution in [0.4, 0.5) is 13.2 Å². The standard InChI is InChI=1S/C17H19F3O/c1-15(2)7-4-8-16(3)13-10-12(21-17(18,19)20)6-5-11(13)9-14(15)16/h5-6,9-10H,4,7-8H2,1-3H3. The van der Waals surface area contributed by atoms with Gasteiger partial charge in [0.1, 0.15) is 5.75 Å². The van der Waals surface area contributed by atoms with Crippen LogP contribution in [0.1, 0.15) is 51.2 Å². The maximum absolute atomic E-state index is 12.4. The lowest BCUT2D eigenvalue weighted by atomic mass is 9.60. The van der Waals surface area contributed by atoms with Crippen LogP contribution in [-0.4, -0.2) is 6.36 Å². The van der Waals surface area contributed by atoms with Crippen LogP contribution < -0.4 is 4.74 Å². The first kappa shape index (κ1) is 14.5. The Labute approximate surface area is 122 Å². The Morgan fingerprint density at radius 2 is 1.81 bits per heavy atom. The first-order valence-corrected chi connectivity index (χ1v) is 7.25. The van der Waals surface area contributed by atoms with Crippen molar-refractivity contribution in [3.05, 3.63) is 34.9 Å². The van der Waals surface area contributed by atoms with Gasteiger partial charge >= 0.3 is 6.36 Å². The first-order valence-electron chi connectivity index (χ1n) is 7.25. The summed E-state index contributed by atoms with van der Waals surface area (Å²) in [5.74, 6) is -0.125. The molecule has 0 bridgehead atoms. The molecule has 1 aromatic carbocycles. The van der Waals surface area contributed by atoms with Crippen LogP contribution in [0, 0.1) is 5.41 Å². The highest BCUT2D eigenvalue weighted by molar-refractivity contribution is 5.71. The van der Waals surface area contributed by atoms with E-state index in [2.05, 4.69) is 31.6 Å². The van der Waals surface area contributed by atoms with Crippen molar-refractivity contribution in [2.24, 2.45) is 5.41 Å². The van der Waals surface area contributed by atoms with Gasteiger partial charge in [-0.15, -0.1) is 13.2 Å². The van der Waals surface area contributed by atoms with E-state index in [4.69, 9.17) is 0 Å². The Balaban J connectivity index is 2.03. The third kappa shape index (κ3) is 2.34. The van der Waals surface area contributed by atoms with Crippen LogP contribution in [0.15, 0.2) is 23.8 Å². The van der Waals surface area contributed by atoms with Gasteiger partial charge in [0.25, 0.3) is 0 Å². The Hall–Kier alpha value is -1.45. The molecule has 21 heavy (non-hydrogen) atoms. The number of benzene rings is 1. The van der Waals surface area contributed by atoms with Crippen molar-refractivity contribution in [3.63, 3.8) is 0 Å². The molecule has 1 unspecified atom stereocenters. The van der Waals surface area contributed by atoms with Crippen LogP contribution in [0.5, 0.6) is 5.75 Å². The molecule has 0 amide bonds. The van der Waals surface area contributed by atoms with Crippen LogP contribution >= 0.6 is 0 Å². The van der Waals surface area contributed by atoms with Gasteiger partial charge in [-0.3, -0.25) is 0 Å². The zero-order chi connectivity index (χ0) is 15.5. The predicted molar refractivity (Wildman–Crippen MR) is 76.1 cm³/mol. The fourth-order valence-electron chi connectivity index (χ4n) is 4.03. The highest BCUT2D eigenvalue weighted by Crippen LogP contribution is 2.57. The van der Waals surface area contributed by atoms with Gasteiger partial charge in [0.15, 0.2) is 0 Å². The van der Waals surface area contributed by atoms with E-state index < -0.39 is 6.36 Å². The van der Waals surface area contributed by atoms with Crippen molar-refractivity contribution in [2.45, 2.75) is 51.8 Å². The largest absolute Gasteiger partial charge is 0.573 e. The Morgan fingerprint density at radius 3 is 2.48 bits per heavy atom. The van der Waals surface area contributed by atoms with E-state index >= 15 is 0 Å². The molecule has 0 spiro atoms. The Bertz CT molecular complexity index is 613. The van der Waals surface area contributed by atoms with Gasteiger partial charge < -0.3 is 4.74 Å². The zero-order valence-corrected chi connectivity index (χ0v) is 12.5. The molecule has 0 aromatic heterocycles. The maximum Gasteiger partial charge on any atom is 0.573 e. The SMILES string of the molecule is CC1(C)CCCC2(C)C1=Cc1ccc(OC(F)(F)F)cc12. The summed E-state index contributed by atoms with van der Waals surface area (Å²) in [6, 6.07) is 4.70. The lowest BCUT2D eigenvalue weighted by Gasteiger charge is -2.44. The summed E-state index contributed by atoms with van der Waals surface area (Å²) in [6.45, 7) is 6.58. The predicted octanol–water partition coefficient (Wildman–Crippen LogP) is 5.45. The molecule has 0 aliphatic heterocycles. The van der Waals surface area contributed by atoms with Crippen LogP contribution in [0.25, 0.3) is 6.08 Å². The van der Waals surface area contributed by atoms with Crippen LogP contribution in [-0.2, 0) is 5.41 Å². The molecule has 0 radical (unpaired) electrons. The fourth-order valence-corrected chi connectivity index (χ4v) is 4.03. The van der Waals surface area contributed by atoms with Gasteiger partial charge in [-0.2, -0.15) is 0 Å². The molecule has 0 heterocycles. The summed E-state index contributed by atoms with van der Waals surface area (Å²) in [5, 5.41) is 0. The number of rotatable bonds is 1. The highest BCUT2D eigenvalue weighted by Gasteiger charge is 2.46. The van der Waals surface area contributed by atoms with E-state index in [0.717, 1.165) is 30.4 Å². The molecule has 1 saturated carbocycles. The minimum atomic E-state index is -4.64. The molecular weight excluding hydrogens is 277 g/mol. The molecule has 1 atom stereocenters. The lowest BCUT2D eigenvalue weighted by molar-refractivity contribution is -0.274. The van der Waals surface area contributed by atoms with Gasteiger partial charge in [-0.05, 0) is 41.5 Å². The lowest BCUT2D eigenvalue weighted by Crippen LogP contribution is -2.35. The van der Waals surface area contributed by atoms with Gasteiger partial charge in [0, 0.05) is 5.41 Å². The van der Waals surface area contributed by atoms with Crippen LogP contribution in [0.3, 0.4) is 0 Å². The quantitative estimate of drug-likeness (QED) is 0.669. The number of hydrogen-bond donors (Lipinski definition) is 0. The molecule has 2 aliphatic carbocycles. The van der Waals surface area contributed by atoms with Crippen molar-refractivity contribution >= 4 is 6.08 Å². The summed E-state index contributed by atoms with van der Waals surface area (Å²) in [5.41, 5.74) is 3.25. The second kappa shape index (κ2) is 4.28. The van der Waals surface area contributed by atoms with E-state index in [0.29, 0.717) is 0 Å². The summed E-state index contributed by atoms with van der Waals surface area (Å²) < 4.78 is 41.3. The number of hydrogen-bond acceptors (Lipinski definition) is 1. The van der Waals surface area contributed by atoms with Gasteiger partial charge in [0.2, 0.25) is 0 Å². The Morgan fingerprint density at radius 1 is 1.10 bits per heavy atom. The molecule has 4 heteroatoms. The van der Waals surface area contributed by atoms with Crippen molar-refractivity contribution in [1.82, 2.24) is 0 Å². The number of allylic oxidation sites excluding steroid dienone is 1. The molecule has 3 rings (SSSR count). The summed E-state index contributed by atoms with van der Waals surface area (Å²) >= 11 is 0. The second-order valence-corrected chi connectivity index (χ2v) is 6.92. The van der Waals surface area contributed by atoms with Crippen molar-refractivity contribution in [1.29, 1.82) is 0 Å². The maximum atomic E-state index is 12.4. The Kier molecular flexibility index (Phi) is 2.95. The zero-order valence-electron chi connectivity index (χ0n) is 12.5. The fraction of sp³-hybridized carbons (Fsp3) is 0.529. The molecule has 0 saturated heterocycles. The summed E-state index contributed by atoms with van der Waals surface area (Å²) in [6.07, 6.45) is 0.700. The molecular formula is C17H19F3O. The first-order chi connectivity index (χ1) is 9.62. The minimum absolute atomic E-state index is 0.0943. The number of ether oxygens (including phenoxy) is 1. The molecule has 2 aliphatic rings. The summed E-state index contributed by atoms with van der Waals surface area (Å²) in [7, 11) is 0. The van der Waals surface area contributed by atoms with Crippen LogP contribution in [0.2, 0.25) is 0 Å². The second-order valence-electron chi connectivity index (χ2n) is 6.92. The summed E-state index contributed by atoms with van der Waals surface area (Å²) in [4.78, 5) is 0. The monoisotopic (exact) mass is 296 g/mol. The smallest absolute Gasteiger partial charge is 0.406 e. The molecule has 1 aromatic rings.